The lowest BCUT2D eigenvalue weighted by molar-refractivity contribution is -0.922. The second-order valence-electron chi connectivity index (χ2n) is 4.52. The van der Waals surface area contributed by atoms with Gasteiger partial charge in [-0.05, 0) is 0 Å². The van der Waals surface area contributed by atoms with Gasteiger partial charge in [0, 0.05) is 12.8 Å². The topological polar surface area (TPSA) is 29.1 Å². The minimum atomic E-state index is 0.244. The second-order valence-corrected chi connectivity index (χ2v) is 4.52. The van der Waals surface area contributed by atoms with Crippen LogP contribution in [0.3, 0.4) is 0 Å². The van der Waals surface area contributed by atoms with Crippen molar-refractivity contribution in [2.45, 2.75) is 31.3 Å². The van der Waals surface area contributed by atoms with Gasteiger partial charge in [-0.15, -0.1) is 0 Å². The molecule has 2 saturated heterocycles. The second kappa shape index (κ2) is 2.46. The van der Waals surface area contributed by atoms with E-state index in [1.54, 1.807) is 0 Å². The Bertz CT molecular complexity index is 213. The summed E-state index contributed by atoms with van der Waals surface area (Å²) >= 11 is 0. The summed E-state index contributed by atoms with van der Waals surface area (Å²) in [4.78, 5) is 11.2. The minimum absolute atomic E-state index is 0.244. The van der Waals surface area contributed by atoms with Crippen molar-refractivity contribution in [1.29, 1.82) is 0 Å². The maximum absolute atomic E-state index is 11.2. The molecule has 2 rings (SSSR count). The van der Waals surface area contributed by atoms with Crippen molar-refractivity contribution in [2.24, 2.45) is 0 Å². The van der Waals surface area contributed by atoms with E-state index in [0.717, 1.165) is 17.4 Å². The van der Waals surface area contributed by atoms with E-state index in [1.807, 2.05) is 0 Å². The van der Waals surface area contributed by atoms with E-state index in [4.69, 9.17) is 0 Å². The number of quaternary nitrogens is 1. The normalized spacial score (nSPS) is 39.0. The van der Waals surface area contributed by atoms with Crippen LogP contribution in [0.1, 0.15) is 19.3 Å². The number of rotatable bonds is 0. The van der Waals surface area contributed by atoms with Crippen molar-refractivity contribution in [3.8, 4) is 0 Å². The third kappa shape index (κ3) is 1.04. The number of likely N-dealkylation sites (N-methyl/N-ethyl adjacent to an activating group) is 1. The fraction of sp³-hybridized carbons (Fsp3) is 0.889. The van der Waals surface area contributed by atoms with Crippen LogP contribution in [0.5, 0.6) is 0 Å². The van der Waals surface area contributed by atoms with Crippen LogP contribution < -0.4 is 5.32 Å². The fourth-order valence-electron chi connectivity index (χ4n) is 2.54. The summed E-state index contributed by atoms with van der Waals surface area (Å²) in [5.74, 6) is 0.244. The van der Waals surface area contributed by atoms with Crippen molar-refractivity contribution in [3.63, 3.8) is 0 Å². The molecule has 1 N–H and O–H groups in total. The monoisotopic (exact) mass is 169 g/mol. The van der Waals surface area contributed by atoms with Gasteiger partial charge >= 0.3 is 0 Å². The van der Waals surface area contributed by atoms with Crippen LogP contribution in [0.25, 0.3) is 0 Å². The molecule has 0 aromatic heterocycles. The van der Waals surface area contributed by atoms with Gasteiger partial charge in [-0.3, -0.25) is 4.79 Å². The van der Waals surface area contributed by atoms with Crippen LogP contribution in [0, 0.1) is 0 Å². The molecular formula is C9H17N2O+. The van der Waals surface area contributed by atoms with E-state index in [-0.39, 0.29) is 5.91 Å². The van der Waals surface area contributed by atoms with E-state index in [9.17, 15) is 4.79 Å². The summed E-state index contributed by atoms with van der Waals surface area (Å²) in [5.41, 5.74) is 0. The van der Waals surface area contributed by atoms with Gasteiger partial charge in [-0.2, -0.15) is 0 Å². The van der Waals surface area contributed by atoms with Crippen LogP contribution in [0.2, 0.25) is 0 Å². The molecule has 2 aliphatic heterocycles. The molecule has 0 unspecified atom stereocenters. The number of nitrogens with one attached hydrogen (secondary N) is 1. The van der Waals surface area contributed by atoms with E-state index in [0.29, 0.717) is 12.1 Å². The molecule has 0 radical (unpaired) electrons. The van der Waals surface area contributed by atoms with Crippen molar-refractivity contribution < 1.29 is 9.28 Å². The lowest BCUT2D eigenvalue weighted by Crippen LogP contribution is -2.50. The summed E-state index contributed by atoms with van der Waals surface area (Å²) in [6, 6.07) is 1.22. The largest absolute Gasteiger partial charge is 0.350 e. The zero-order valence-corrected chi connectivity index (χ0v) is 7.84. The maximum Gasteiger partial charge on any atom is 0.226 e. The lowest BCUT2D eigenvalue weighted by Gasteiger charge is -2.34. The lowest BCUT2D eigenvalue weighted by atomic mass is 10.1. The van der Waals surface area contributed by atoms with Crippen LogP contribution >= 0.6 is 0 Å². The van der Waals surface area contributed by atoms with E-state index in [2.05, 4.69) is 19.4 Å². The van der Waals surface area contributed by atoms with Gasteiger partial charge in [0.2, 0.25) is 5.91 Å². The Morgan fingerprint density at radius 1 is 1.33 bits per heavy atom. The average Bonchev–Trinajstić information content (AvgIpc) is 2.15. The van der Waals surface area contributed by atoms with Gasteiger partial charge in [0.1, 0.15) is 6.04 Å². The maximum atomic E-state index is 11.2. The Balaban J connectivity index is 2.23. The van der Waals surface area contributed by atoms with Gasteiger partial charge < -0.3 is 9.80 Å². The first kappa shape index (κ1) is 8.05. The third-order valence-electron chi connectivity index (χ3n) is 3.67. The molecule has 2 aliphatic rings. The first-order valence-electron chi connectivity index (χ1n) is 4.71. The molecule has 0 saturated carbocycles. The molecule has 3 heteroatoms. The molecule has 68 valence electrons. The number of amides is 1. The van der Waals surface area contributed by atoms with Crippen LogP contribution in [-0.2, 0) is 4.79 Å². The fourth-order valence-corrected chi connectivity index (χ4v) is 2.54. The van der Waals surface area contributed by atoms with Crippen LogP contribution in [0.4, 0.5) is 0 Å². The molecule has 0 aliphatic carbocycles. The molecule has 2 atom stereocenters. The van der Waals surface area contributed by atoms with E-state index < -0.39 is 0 Å². The average molecular weight is 169 g/mol. The Kier molecular flexibility index (Phi) is 1.65. The number of fused-ring (bicyclic) bond motifs is 2. The first-order valence-corrected chi connectivity index (χ1v) is 4.71. The molecule has 0 spiro atoms. The van der Waals surface area contributed by atoms with Crippen LogP contribution in [-0.4, -0.2) is 43.1 Å². The first-order chi connectivity index (χ1) is 5.60. The smallest absolute Gasteiger partial charge is 0.226 e. The standard InChI is InChI=1S/C9H16N2O/c1-11(2)7-3-4-8(11)6-10-9(12)5-7/h7-8H,3-6H2,1-2H3/p+1/t7-,8-/m0/s1. The van der Waals surface area contributed by atoms with Crippen molar-refractivity contribution in [3.05, 3.63) is 0 Å². The van der Waals surface area contributed by atoms with Gasteiger partial charge in [0.05, 0.1) is 33.1 Å². The van der Waals surface area contributed by atoms with Gasteiger partial charge in [0.25, 0.3) is 0 Å². The molecule has 2 bridgehead atoms. The summed E-state index contributed by atoms with van der Waals surface area (Å²) in [6.07, 6.45) is 3.23. The number of nitrogens with zero attached hydrogens (tertiary/aromatic N) is 1. The number of carbonyl (C=O) groups is 1. The van der Waals surface area contributed by atoms with Crippen LogP contribution in [0.15, 0.2) is 0 Å². The number of hydrogen-bond donors (Lipinski definition) is 1. The molecule has 0 aromatic rings. The summed E-state index contributed by atoms with van der Waals surface area (Å²) in [6.45, 7) is 0.877. The Morgan fingerprint density at radius 3 is 2.75 bits per heavy atom. The van der Waals surface area contributed by atoms with Gasteiger partial charge in [-0.25, -0.2) is 0 Å². The van der Waals surface area contributed by atoms with Crippen molar-refractivity contribution in [1.82, 2.24) is 5.32 Å². The highest BCUT2D eigenvalue weighted by atomic mass is 16.1. The molecule has 2 heterocycles. The quantitative estimate of drug-likeness (QED) is 0.512. The minimum Gasteiger partial charge on any atom is -0.350 e. The molecule has 0 aromatic carbocycles. The van der Waals surface area contributed by atoms with E-state index >= 15 is 0 Å². The highest BCUT2D eigenvalue weighted by Gasteiger charge is 2.45. The Labute approximate surface area is 73.3 Å². The zero-order chi connectivity index (χ0) is 8.77. The molecular weight excluding hydrogens is 152 g/mol. The summed E-state index contributed by atoms with van der Waals surface area (Å²) in [7, 11) is 4.51. The SMILES string of the molecule is C[N+]1(C)[C@H]2CC[C@H]1CC(=O)NC2. The molecule has 12 heavy (non-hydrogen) atoms. The summed E-state index contributed by atoms with van der Waals surface area (Å²) < 4.78 is 1.04. The summed E-state index contributed by atoms with van der Waals surface area (Å²) in [5, 5.41) is 2.98. The Hall–Kier alpha value is -0.570. The van der Waals surface area contributed by atoms with E-state index in [1.165, 1.54) is 12.8 Å². The molecule has 2 fully saturated rings. The highest BCUT2D eigenvalue weighted by Crippen LogP contribution is 2.32. The third-order valence-corrected chi connectivity index (χ3v) is 3.67. The number of hydrogen-bond acceptors (Lipinski definition) is 1. The highest BCUT2D eigenvalue weighted by molar-refractivity contribution is 5.76. The Morgan fingerprint density at radius 2 is 2.00 bits per heavy atom. The molecule has 1 amide bonds. The van der Waals surface area contributed by atoms with Crippen molar-refractivity contribution in [2.75, 3.05) is 20.6 Å². The predicted molar refractivity (Wildman–Crippen MR) is 46.5 cm³/mol. The number of carbonyl (C=O) groups excluding carboxylic acids is 1. The van der Waals surface area contributed by atoms with Gasteiger partial charge in [-0.1, -0.05) is 0 Å². The van der Waals surface area contributed by atoms with Crippen molar-refractivity contribution >= 4 is 5.91 Å². The van der Waals surface area contributed by atoms with Gasteiger partial charge in [0.15, 0.2) is 0 Å². The predicted octanol–water partition coefficient (Wildman–Crippen LogP) is 0.114. The zero-order valence-electron chi connectivity index (χ0n) is 7.84. The molecule has 3 nitrogen and oxygen atoms in total.